The van der Waals surface area contributed by atoms with Crippen LogP contribution in [0.4, 0.5) is 0 Å². The van der Waals surface area contributed by atoms with Crippen LogP contribution in [0.3, 0.4) is 0 Å². The van der Waals surface area contributed by atoms with Crippen molar-refractivity contribution in [1.82, 2.24) is 4.90 Å². The summed E-state index contributed by atoms with van der Waals surface area (Å²) in [6, 6.07) is 12.6. The number of nitrogens with zero attached hydrogens (tertiary/aromatic N) is 1. The number of carbonyl (C=O) groups excluding carboxylic acids is 1. The van der Waals surface area contributed by atoms with Crippen molar-refractivity contribution in [3.8, 4) is 17.2 Å². The van der Waals surface area contributed by atoms with Gasteiger partial charge in [-0.05, 0) is 63.1 Å². The minimum atomic E-state index is -0.448. The van der Waals surface area contributed by atoms with Gasteiger partial charge in [-0.15, -0.1) is 12.4 Å². The minimum absolute atomic E-state index is 0. The molecule has 2 fully saturated rings. The van der Waals surface area contributed by atoms with E-state index in [0.717, 1.165) is 62.9 Å². The lowest BCUT2D eigenvalue weighted by Gasteiger charge is -2.57. The van der Waals surface area contributed by atoms with Gasteiger partial charge in [0.1, 0.15) is 5.75 Å². The smallest absolute Gasteiger partial charge is 0.174 e. The van der Waals surface area contributed by atoms with Crippen molar-refractivity contribution in [2.45, 2.75) is 69.4 Å². The van der Waals surface area contributed by atoms with Crippen LogP contribution in [0.5, 0.6) is 17.2 Å². The number of phenols is 1. The molecule has 0 aromatic heterocycles. The SMILES string of the molecule is CCCN1CC[C@]23c4c5c(OCCCc6ccccc6)cc(O)c4O[C@H]2C(=O)CC[C@H]3[C@H]1C5.Cl. The lowest BCUT2D eigenvalue weighted by atomic mass is 9.51. The molecule has 2 aromatic carbocycles. The largest absolute Gasteiger partial charge is 0.504 e. The van der Waals surface area contributed by atoms with E-state index in [0.29, 0.717) is 30.7 Å². The third-order valence-electron chi connectivity index (χ3n) is 8.53. The predicted octanol–water partition coefficient (Wildman–Crippen LogP) is 4.84. The maximum atomic E-state index is 13.0. The highest BCUT2D eigenvalue weighted by molar-refractivity contribution is 5.89. The first kappa shape index (κ1) is 23.5. The summed E-state index contributed by atoms with van der Waals surface area (Å²) in [5, 5.41) is 10.9. The Morgan fingerprint density at radius 2 is 2.09 bits per heavy atom. The van der Waals surface area contributed by atoms with E-state index >= 15 is 0 Å². The van der Waals surface area contributed by atoms with E-state index in [1.165, 1.54) is 11.1 Å². The van der Waals surface area contributed by atoms with Gasteiger partial charge in [0, 0.05) is 35.1 Å². The van der Waals surface area contributed by atoms with Crippen LogP contribution in [0.2, 0.25) is 0 Å². The van der Waals surface area contributed by atoms with Gasteiger partial charge in [-0.3, -0.25) is 9.69 Å². The third kappa shape index (κ3) is 3.43. The lowest BCUT2D eigenvalue weighted by molar-refractivity contribution is -0.138. The number of aryl methyl sites for hydroxylation is 1. The fourth-order valence-electron chi connectivity index (χ4n) is 7.26. The van der Waals surface area contributed by atoms with Crippen LogP contribution in [0.1, 0.15) is 55.7 Å². The molecule has 2 aromatic rings. The fourth-order valence-corrected chi connectivity index (χ4v) is 7.26. The van der Waals surface area contributed by atoms with E-state index in [9.17, 15) is 9.90 Å². The summed E-state index contributed by atoms with van der Waals surface area (Å²) in [6.45, 7) is 4.92. The second-order valence-corrected chi connectivity index (χ2v) is 10.2. The number of hydrogen-bond acceptors (Lipinski definition) is 5. The third-order valence-corrected chi connectivity index (χ3v) is 8.53. The number of ether oxygens (including phenoxy) is 2. The normalized spacial score (nSPS) is 28.6. The molecule has 0 amide bonds. The van der Waals surface area contributed by atoms with Gasteiger partial charge < -0.3 is 14.6 Å². The molecule has 5 nitrogen and oxygen atoms in total. The maximum absolute atomic E-state index is 13.0. The van der Waals surface area contributed by atoms with E-state index in [-0.39, 0.29) is 29.4 Å². The van der Waals surface area contributed by atoms with Crippen molar-refractivity contribution in [2.24, 2.45) is 5.92 Å². The minimum Gasteiger partial charge on any atom is -0.504 e. The molecule has 4 aliphatic rings. The number of carbonyl (C=O) groups is 1. The second-order valence-electron chi connectivity index (χ2n) is 10.2. The van der Waals surface area contributed by atoms with Gasteiger partial charge in [0.2, 0.25) is 0 Å². The van der Waals surface area contributed by atoms with Gasteiger partial charge in [0.25, 0.3) is 0 Å². The Balaban J connectivity index is 0.00000241. The summed E-state index contributed by atoms with van der Waals surface area (Å²) in [5.41, 5.74) is 3.27. The van der Waals surface area contributed by atoms with Crippen LogP contribution in [0.25, 0.3) is 0 Å². The molecule has 1 N–H and O–H groups in total. The first-order valence-corrected chi connectivity index (χ1v) is 12.6. The Hall–Kier alpha value is -2.24. The van der Waals surface area contributed by atoms with Gasteiger partial charge in [-0.2, -0.15) is 0 Å². The molecule has 1 saturated heterocycles. The molecule has 2 heterocycles. The summed E-state index contributed by atoms with van der Waals surface area (Å²) in [7, 11) is 0. The highest BCUT2D eigenvalue weighted by Gasteiger charge is 2.66. The molecule has 4 atom stereocenters. The molecule has 6 heteroatoms. The van der Waals surface area contributed by atoms with Crippen molar-refractivity contribution in [1.29, 1.82) is 0 Å². The van der Waals surface area contributed by atoms with E-state index in [2.05, 4.69) is 36.1 Å². The molecule has 182 valence electrons. The number of hydrogen-bond donors (Lipinski definition) is 1. The molecular weight excluding hydrogens is 450 g/mol. The highest BCUT2D eigenvalue weighted by atomic mass is 35.5. The van der Waals surface area contributed by atoms with Crippen LogP contribution in [-0.4, -0.2) is 47.6 Å². The molecule has 0 unspecified atom stereocenters. The predicted molar refractivity (Wildman–Crippen MR) is 133 cm³/mol. The van der Waals surface area contributed by atoms with Crippen LogP contribution in [-0.2, 0) is 23.1 Å². The van der Waals surface area contributed by atoms with Crippen LogP contribution in [0.15, 0.2) is 36.4 Å². The van der Waals surface area contributed by atoms with Crippen molar-refractivity contribution in [3.05, 3.63) is 53.1 Å². The first-order chi connectivity index (χ1) is 16.1. The summed E-state index contributed by atoms with van der Waals surface area (Å²) in [5.74, 6) is 2.05. The molecule has 0 radical (unpaired) electrons. The molecule has 1 saturated carbocycles. The summed E-state index contributed by atoms with van der Waals surface area (Å²) in [6.07, 6.45) is 5.89. The van der Waals surface area contributed by atoms with Crippen molar-refractivity contribution in [3.63, 3.8) is 0 Å². The molecular formula is C28H34ClNO4. The van der Waals surface area contributed by atoms with Crippen LogP contribution in [0, 0.1) is 5.92 Å². The van der Waals surface area contributed by atoms with E-state index in [1.54, 1.807) is 6.07 Å². The molecule has 34 heavy (non-hydrogen) atoms. The van der Waals surface area contributed by atoms with Gasteiger partial charge in [0.15, 0.2) is 23.4 Å². The zero-order valence-electron chi connectivity index (χ0n) is 19.8. The molecule has 2 aliphatic heterocycles. The lowest BCUT2D eigenvalue weighted by Crippen LogP contribution is -2.66. The molecule has 2 aliphatic carbocycles. The number of Topliss-reactive ketones (excluding diaryl/α,β-unsaturated/α-hetero) is 1. The Kier molecular flexibility index (Phi) is 6.28. The number of likely N-dealkylation sites (tertiary alicyclic amines) is 1. The van der Waals surface area contributed by atoms with Gasteiger partial charge in [-0.25, -0.2) is 0 Å². The van der Waals surface area contributed by atoms with Gasteiger partial charge in [-0.1, -0.05) is 37.3 Å². The molecule has 2 bridgehead atoms. The zero-order chi connectivity index (χ0) is 22.6. The Morgan fingerprint density at radius 1 is 1.26 bits per heavy atom. The van der Waals surface area contributed by atoms with Crippen LogP contribution >= 0.6 is 12.4 Å². The summed E-state index contributed by atoms with van der Waals surface area (Å²) in [4.78, 5) is 15.7. The first-order valence-electron chi connectivity index (χ1n) is 12.6. The number of piperidine rings is 1. The number of rotatable bonds is 7. The Morgan fingerprint density at radius 3 is 2.88 bits per heavy atom. The van der Waals surface area contributed by atoms with Gasteiger partial charge in [0.05, 0.1) is 6.61 Å². The average Bonchev–Trinajstić information content (AvgIpc) is 3.18. The van der Waals surface area contributed by atoms with E-state index in [1.807, 2.05) is 6.07 Å². The molecule has 1 spiro atoms. The summed E-state index contributed by atoms with van der Waals surface area (Å²) < 4.78 is 12.6. The fraction of sp³-hybridized carbons (Fsp3) is 0.536. The van der Waals surface area contributed by atoms with Crippen molar-refractivity contribution < 1.29 is 19.4 Å². The molecule has 6 rings (SSSR count). The van der Waals surface area contributed by atoms with Crippen molar-refractivity contribution in [2.75, 3.05) is 19.7 Å². The topological polar surface area (TPSA) is 59.0 Å². The monoisotopic (exact) mass is 483 g/mol. The number of ketones is 1. The number of phenolic OH excluding ortho intramolecular Hbond substituents is 1. The van der Waals surface area contributed by atoms with Crippen LogP contribution < -0.4 is 9.47 Å². The maximum Gasteiger partial charge on any atom is 0.174 e. The average molecular weight is 484 g/mol. The standard InChI is InChI=1S/C28H33NO4.ClH/c1-2-13-29-14-12-28-20-10-11-22(30)27(28)33-26-23(31)17-24(19(25(26)28)16-21(20)29)32-15-6-9-18-7-4-3-5-8-18;/h3-5,7-8,17,20-21,27,31H,2,6,9-16H2,1H3;1H/t20-,21+,27-,28-;/m0./s1. The van der Waals surface area contributed by atoms with E-state index in [4.69, 9.17) is 9.47 Å². The Bertz CT molecular complexity index is 1070. The highest BCUT2D eigenvalue weighted by Crippen LogP contribution is 2.64. The summed E-state index contributed by atoms with van der Waals surface area (Å²) >= 11 is 0. The number of halogens is 1. The number of benzene rings is 2. The Labute approximate surface area is 207 Å². The second kappa shape index (κ2) is 9.09. The number of aromatic hydroxyl groups is 1. The zero-order valence-corrected chi connectivity index (χ0v) is 20.6. The quantitative estimate of drug-likeness (QED) is 0.571. The van der Waals surface area contributed by atoms with E-state index < -0.39 is 6.10 Å². The van der Waals surface area contributed by atoms with Gasteiger partial charge >= 0.3 is 0 Å². The van der Waals surface area contributed by atoms with Crippen molar-refractivity contribution >= 4 is 18.2 Å².